The number of allylic oxidation sites excluding steroid dienone is 2. The highest BCUT2D eigenvalue weighted by Crippen LogP contribution is 2.27. The molecule has 0 spiro atoms. The molecule has 148 valence electrons. The van der Waals surface area contributed by atoms with E-state index in [-0.39, 0.29) is 22.7 Å². The second kappa shape index (κ2) is 9.16. The average molecular weight is 404 g/mol. The van der Waals surface area contributed by atoms with Crippen LogP contribution in [0, 0.1) is 0 Å². The third-order valence-electron chi connectivity index (χ3n) is 3.73. The molecule has 0 saturated heterocycles. The molecule has 0 amide bonds. The van der Waals surface area contributed by atoms with Gasteiger partial charge in [-0.3, -0.25) is 0 Å². The summed E-state index contributed by atoms with van der Waals surface area (Å²) in [4.78, 5) is 26.0. The molecule has 0 saturated carbocycles. The van der Waals surface area contributed by atoms with Crippen molar-refractivity contribution in [1.29, 1.82) is 0 Å². The van der Waals surface area contributed by atoms with Crippen LogP contribution in [0.25, 0.3) is 0 Å². The molecule has 8 nitrogen and oxygen atoms in total. The Balaban J connectivity index is 2.51. The monoisotopic (exact) mass is 404 g/mol. The van der Waals surface area contributed by atoms with E-state index in [1.54, 1.807) is 18.4 Å². The first kappa shape index (κ1) is 21.1. The van der Waals surface area contributed by atoms with Gasteiger partial charge in [0.15, 0.2) is 0 Å². The number of hydrogen-bond donors (Lipinski definition) is 1. The Morgan fingerprint density at radius 2 is 1.75 bits per heavy atom. The lowest BCUT2D eigenvalue weighted by Crippen LogP contribution is -2.27. The molecule has 0 unspecified atom stereocenters. The zero-order valence-electron chi connectivity index (χ0n) is 15.4. The van der Waals surface area contributed by atoms with Gasteiger partial charge >= 0.3 is 11.9 Å². The molecule has 0 fully saturated rings. The van der Waals surface area contributed by atoms with E-state index in [4.69, 9.17) is 9.47 Å². The Morgan fingerprint density at radius 3 is 2.32 bits per heavy atom. The highest BCUT2D eigenvalue weighted by molar-refractivity contribution is 7.89. The van der Waals surface area contributed by atoms with Gasteiger partial charge in [-0.05, 0) is 36.4 Å². The van der Waals surface area contributed by atoms with Crippen LogP contribution in [0.5, 0.6) is 0 Å². The molecule has 1 heterocycles. The van der Waals surface area contributed by atoms with Crippen LogP contribution < -0.4 is 9.62 Å². The average Bonchev–Trinajstić information content (AvgIpc) is 2.94. The van der Waals surface area contributed by atoms with Crippen LogP contribution in [0.15, 0.2) is 77.5 Å². The molecule has 9 heteroatoms. The van der Waals surface area contributed by atoms with Gasteiger partial charge in [0.2, 0.25) is 10.0 Å². The summed E-state index contributed by atoms with van der Waals surface area (Å²) in [6.45, 7) is 3.57. The summed E-state index contributed by atoms with van der Waals surface area (Å²) in [5.41, 5.74) is 0.396. The molecular weight excluding hydrogens is 384 g/mol. The standard InChI is InChI=1S/C19H20N2O6S/c1-4-12-20-28(24,25)15-10-8-14(9-11-15)21-13-6-5-7-16(18(22)26-2)17(21)19(23)27-3/h4-11,13,20H,1,12H2,2-3H3. The van der Waals surface area contributed by atoms with Gasteiger partial charge in [-0.25, -0.2) is 22.7 Å². The van der Waals surface area contributed by atoms with Gasteiger partial charge in [-0.1, -0.05) is 12.2 Å². The molecule has 1 aliphatic heterocycles. The van der Waals surface area contributed by atoms with Crippen LogP contribution in [-0.4, -0.2) is 41.1 Å². The van der Waals surface area contributed by atoms with E-state index in [0.29, 0.717) is 5.69 Å². The molecule has 1 aromatic rings. The lowest BCUT2D eigenvalue weighted by molar-refractivity contribution is -0.139. The summed E-state index contributed by atoms with van der Waals surface area (Å²) in [5, 5.41) is 0. The Hall–Kier alpha value is -3.17. The van der Waals surface area contributed by atoms with E-state index < -0.39 is 22.0 Å². The van der Waals surface area contributed by atoms with Gasteiger partial charge in [0, 0.05) is 18.4 Å². The van der Waals surface area contributed by atoms with E-state index >= 15 is 0 Å². The second-order valence-electron chi connectivity index (χ2n) is 5.45. The number of nitrogens with zero attached hydrogens (tertiary/aromatic N) is 1. The van der Waals surface area contributed by atoms with Gasteiger partial charge in [0.25, 0.3) is 0 Å². The predicted octanol–water partition coefficient (Wildman–Crippen LogP) is 1.64. The quantitative estimate of drug-likeness (QED) is 0.544. The number of sulfonamides is 1. The highest BCUT2D eigenvalue weighted by Gasteiger charge is 2.27. The Bertz CT molecular complexity index is 959. The van der Waals surface area contributed by atoms with Crippen molar-refractivity contribution in [3.63, 3.8) is 0 Å². The number of methoxy groups -OCH3 is 2. The van der Waals surface area contributed by atoms with Gasteiger partial charge < -0.3 is 14.4 Å². The number of nitrogens with one attached hydrogen (secondary N) is 1. The third kappa shape index (κ3) is 4.56. The summed E-state index contributed by atoms with van der Waals surface area (Å²) >= 11 is 0. The summed E-state index contributed by atoms with van der Waals surface area (Å²) in [5.74, 6) is -1.46. The van der Waals surface area contributed by atoms with Crippen LogP contribution in [0.4, 0.5) is 5.69 Å². The Kier molecular flexibility index (Phi) is 6.91. The zero-order chi connectivity index (χ0) is 20.7. The summed E-state index contributed by atoms with van der Waals surface area (Å²) in [7, 11) is -1.29. The van der Waals surface area contributed by atoms with Crippen molar-refractivity contribution in [2.24, 2.45) is 0 Å². The number of carbonyl (C=O) groups is 2. The molecule has 2 rings (SSSR count). The maximum atomic E-state index is 12.4. The molecule has 0 aromatic heterocycles. The molecular formula is C19H20N2O6S. The van der Waals surface area contributed by atoms with Crippen molar-refractivity contribution < 1.29 is 27.5 Å². The van der Waals surface area contributed by atoms with Crippen molar-refractivity contribution in [2.75, 3.05) is 25.7 Å². The largest absolute Gasteiger partial charge is 0.465 e. The van der Waals surface area contributed by atoms with Crippen LogP contribution in [0.3, 0.4) is 0 Å². The minimum absolute atomic E-state index is 0.00342. The lowest BCUT2D eigenvalue weighted by Gasteiger charge is -2.23. The molecule has 0 radical (unpaired) electrons. The topological polar surface area (TPSA) is 102 Å². The molecule has 0 atom stereocenters. The first-order valence-corrected chi connectivity index (χ1v) is 9.59. The SMILES string of the molecule is C=CCNS(=O)(=O)c1ccc(N2C=CC=CC(C(=O)OC)=C2C(=O)OC)cc1. The maximum Gasteiger partial charge on any atom is 0.355 e. The molecule has 0 bridgehead atoms. The van der Waals surface area contributed by atoms with Crippen LogP contribution in [0.1, 0.15) is 0 Å². The molecule has 1 aliphatic rings. The van der Waals surface area contributed by atoms with Gasteiger partial charge in [-0.2, -0.15) is 0 Å². The number of benzene rings is 1. The van der Waals surface area contributed by atoms with E-state index in [1.807, 2.05) is 0 Å². The summed E-state index contributed by atoms with van der Waals surface area (Å²) in [6, 6.07) is 5.80. The van der Waals surface area contributed by atoms with E-state index in [1.165, 1.54) is 55.5 Å². The van der Waals surface area contributed by atoms with Gasteiger partial charge in [-0.15, -0.1) is 6.58 Å². The van der Waals surface area contributed by atoms with Crippen LogP contribution in [0.2, 0.25) is 0 Å². The summed E-state index contributed by atoms with van der Waals surface area (Å²) < 4.78 is 36.3. The minimum Gasteiger partial charge on any atom is -0.465 e. The van der Waals surface area contributed by atoms with E-state index in [0.717, 1.165) is 0 Å². The number of carbonyl (C=O) groups excluding carboxylic acids is 2. The van der Waals surface area contributed by atoms with Crippen molar-refractivity contribution in [1.82, 2.24) is 4.72 Å². The van der Waals surface area contributed by atoms with Crippen molar-refractivity contribution in [2.45, 2.75) is 4.90 Å². The number of ether oxygens (including phenoxy) is 2. The Labute approximate surface area is 163 Å². The van der Waals surface area contributed by atoms with Crippen molar-refractivity contribution in [3.8, 4) is 0 Å². The highest BCUT2D eigenvalue weighted by atomic mass is 32.2. The van der Waals surface area contributed by atoms with Gasteiger partial charge in [0.05, 0.1) is 24.7 Å². The number of hydrogen-bond acceptors (Lipinski definition) is 7. The van der Waals surface area contributed by atoms with Crippen molar-refractivity contribution in [3.05, 3.63) is 72.6 Å². The predicted molar refractivity (Wildman–Crippen MR) is 104 cm³/mol. The lowest BCUT2D eigenvalue weighted by atomic mass is 10.1. The zero-order valence-corrected chi connectivity index (χ0v) is 16.2. The molecule has 1 N–H and O–H groups in total. The molecule has 28 heavy (non-hydrogen) atoms. The molecule has 1 aromatic carbocycles. The van der Waals surface area contributed by atoms with E-state index in [9.17, 15) is 18.0 Å². The van der Waals surface area contributed by atoms with Crippen molar-refractivity contribution >= 4 is 27.6 Å². The third-order valence-corrected chi connectivity index (χ3v) is 5.17. The first-order chi connectivity index (χ1) is 13.4. The Morgan fingerprint density at radius 1 is 1.11 bits per heavy atom. The smallest absolute Gasteiger partial charge is 0.355 e. The second-order valence-corrected chi connectivity index (χ2v) is 7.22. The fourth-order valence-electron chi connectivity index (χ4n) is 2.40. The van der Waals surface area contributed by atoms with Gasteiger partial charge in [0.1, 0.15) is 5.70 Å². The summed E-state index contributed by atoms with van der Waals surface area (Å²) in [6.07, 6.45) is 7.62. The van der Waals surface area contributed by atoms with Crippen LogP contribution in [-0.2, 0) is 29.1 Å². The number of anilines is 1. The van der Waals surface area contributed by atoms with Crippen LogP contribution >= 0.6 is 0 Å². The number of rotatable bonds is 7. The van der Waals surface area contributed by atoms with E-state index in [2.05, 4.69) is 11.3 Å². The fraction of sp³-hybridized carbons (Fsp3) is 0.158. The fourth-order valence-corrected chi connectivity index (χ4v) is 3.40. The molecule has 0 aliphatic carbocycles. The normalized spacial score (nSPS) is 13.9. The minimum atomic E-state index is -3.69. The maximum absolute atomic E-state index is 12.4. The number of esters is 2. The first-order valence-electron chi connectivity index (χ1n) is 8.11.